The molecule has 55 heavy (non-hydrogen) atoms. The summed E-state index contributed by atoms with van der Waals surface area (Å²) in [4.78, 5) is 31.6. The fourth-order valence-electron chi connectivity index (χ4n) is 7.82. The maximum absolute atomic E-state index is 11.5. The molecule has 2 aromatic heterocycles. The first kappa shape index (κ1) is 33.5. The van der Waals surface area contributed by atoms with Crippen LogP contribution in [0.25, 0.3) is 32.7 Å². The predicted octanol–water partition coefficient (Wildman–Crippen LogP) is 9.70. The Morgan fingerprint density at radius 2 is 0.927 bits per heavy atom. The lowest BCUT2D eigenvalue weighted by Gasteiger charge is -2.35. The summed E-state index contributed by atoms with van der Waals surface area (Å²) in [5.41, 5.74) is 7.14. The summed E-state index contributed by atoms with van der Waals surface area (Å²) in [7, 11) is 0. The average Bonchev–Trinajstić information content (AvgIpc) is 3.53. The monoisotopic (exact) mass is 720 g/mol. The van der Waals surface area contributed by atoms with Crippen LogP contribution in [0.1, 0.15) is 54.4 Å². The summed E-state index contributed by atoms with van der Waals surface area (Å²) >= 11 is 0. The molecule has 0 radical (unpaired) electrons. The quantitative estimate of drug-likeness (QED) is 0.143. The SMILES string of the molecule is O=C(O)c1ccc(COc2cc(C3(c4cc(OCc5ccc(C(=O)O)cn5)c5ccccc5c4)c4ccccc4-c4ccccc43)cc3ccccc23)nc1. The second-order valence-electron chi connectivity index (χ2n) is 13.5. The van der Waals surface area contributed by atoms with Gasteiger partial charge >= 0.3 is 11.9 Å². The normalized spacial score (nSPS) is 12.6. The second-order valence-corrected chi connectivity index (χ2v) is 13.5. The molecule has 1 aliphatic carbocycles. The Morgan fingerprint density at radius 1 is 0.509 bits per heavy atom. The number of fused-ring (bicyclic) bond motifs is 5. The fraction of sp³-hybridized carbons (Fsp3) is 0.0638. The van der Waals surface area contributed by atoms with Crippen molar-refractivity contribution >= 4 is 33.5 Å². The van der Waals surface area contributed by atoms with Gasteiger partial charge in [0.1, 0.15) is 24.7 Å². The fourth-order valence-corrected chi connectivity index (χ4v) is 7.82. The van der Waals surface area contributed by atoms with Crippen molar-refractivity contribution in [3.05, 3.63) is 203 Å². The van der Waals surface area contributed by atoms with E-state index in [2.05, 4.69) is 94.9 Å². The zero-order chi connectivity index (χ0) is 37.5. The van der Waals surface area contributed by atoms with Crippen molar-refractivity contribution in [3.63, 3.8) is 0 Å². The number of carboxylic acid groups (broad SMARTS) is 2. The number of carboxylic acids is 2. The van der Waals surface area contributed by atoms with Crippen LogP contribution in [0, 0.1) is 0 Å². The van der Waals surface area contributed by atoms with Gasteiger partial charge in [-0.25, -0.2) is 9.59 Å². The average molecular weight is 721 g/mol. The van der Waals surface area contributed by atoms with Crippen molar-refractivity contribution in [2.24, 2.45) is 0 Å². The number of ether oxygens (including phenoxy) is 2. The molecule has 0 spiro atoms. The van der Waals surface area contributed by atoms with E-state index in [9.17, 15) is 19.8 Å². The molecule has 9 rings (SSSR count). The van der Waals surface area contributed by atoms with Crippen molar-refractivity contribution in [2.75, 3.05) is 0 Å². The van der Waals surface area contributed by atoms with E-state index in [-0.39, 0.29) is 24.3 Å². The van der Waals surface area contributed by atoms with Crippen LogP contribution in [0.5, 0.6) is 11.5 Å². The van der Waals surface area contributed by atoms with Crippen LogP contribution in [0.2, 0.25) is 0 Å². The minimum Gasteiger partial charge on any atom is -0.487 e. The molecule has 0 amide bonds. The Hall–Kier alpha value is -7.32. The Balaban J connectivity index is 1.25. The molecule has 6 aromatic carbocycles. The largest absolute Gasteiger partial charge is 0.487 e. The Morgan fingerprint density at radius 3 is 1.35 bits per heavy atom. The lowest BCUT2D eigenvalue weighted by molar-refractivity contribution is 0.0685. The van der Waals surface area contributed by atoms with Gasteiger partial charge in [0.2, 0.25) is 0 Å². The number of benzene rings is 6. The van der Waals surface area contributed by atoms with Crippen LogP contribution in [-0.4, -0.2) is 32.1 Å². The van der Waals surface area contributed by atoms with E-state index in [1.807, 2.05) is 36.4 Å². The summed E-state index contributed by atoms with van der Waals surface area (Å²) < 4.78 is 13.2. The van der Waals surface area contributed by atoms with Gasteiger partial charge in [-0.15, -0.1) is 0 Å². The van der Waals surface area contributed by atoms with E-state index in [4.69, 9.17) is 9.47 Å². The zero-order valence-corrected chi connectivity index (χ0v) is 29.3. The highest BCUT2D eigenvalue weighted by molar-refractivity contribution is 5.95. The van der Waals surface area contributed by atoms with Gasteiger partial charge in [0, 0.05) is 23.2 Å². The van der Waals surface area contributed by atoms with Crippen molar-refractivity contribution in [3.8, 4) is 22.6 Å². The first-order valence-corrected chi connectivity index (χ1v) is 17.8. The Bertz CT molecular complexity index is 2590. The smallest absolute Gasteiger partial charge is 0.337 e. The van der Waals surface area contributed by atoms with Crippen molar-refractivity contribution in [2.45, 2.75) is 18.6 Å². The first-order chi connectivity index (χ1) is 26.9. The number of nitrogens with zero attached hydrogens (tertiary/aromatic N) is 2. The molecule has 1 aliphatic rings. The van der Waals surface area contributed by atoms with Gasteiger partial charge in [-0.05, 0) is 92.7 Å². The van der Waals surface area contributed by atoms with Gasteiger partial charge in [-0.3, -0.25) is 9.97 Å². The maximum atomic E-state index is 11.5. The molecule has 0 atom stereocenters. The van der Waals surface area contributed by atoms with Crippen LogP contribution in [-0.2, 0) is 18.6 Å². The summed E-state index contributed by atoms with van der Waals surface area (Å²) in [6.45, 7) is 0.284. The molecule has 0 bridgehead atoms. The first-order valence-electron chi connectivity index (χ1n) is 17.8. The standard InChI is InChI=1S/C47H32N2O6/c50-45(51)31-17-19-35(48-25-31)27-54-43-23-33(21-29-9-1-3-11-37(29)43)47(41-15-7-5-13-39(41)40-14-6-8-16-42(40)47)34-22-30-10-2-4-12-38(30)44(24-34)55-28-36-20-18-32(26-49-36)46(52)53/h1-26H,27-28H2,(H,50,51)(H,52,53). The maximum Gasteiger partial charge on any atom is 0.337 e. The van der Waals surface area contributed by atoms with E-state index in [1.54, 1.807) is 12.1 Å². The van der Waals surface area contributed by atoms with Crippen LogP contribution in [0.3, 0.4) is 0 Å². The number of rotatable bonds is 10. The summed E-state index contributed by atoms with van der Waals surface area (Å²) in [6.07, 6.45) is 2.69. The van der Waals surface area contributed by atoms with Gasteiger partial charge in [0.05, 0.1) is 27.9 Å². The molecule has 0 saturated heterocycles. The third-order valence-corrected chi connectivity index (χ3v) is 10.4. The van der Waals surface area contributed by atoms with Gasteiger partial charge in [-0.2, -0.15) is 0 Å². The van der Waals surface area contributed by atoms with Gasteiger partial charge in [-0.1, -0.05) is 97.1 Å². The predicted molar refractivity (Wildman–Crippen MR) is 210 cm³/mol. The minimum absolute atomic E-state index is 0.114. The molecular formula is C47H32N2O6. The van der Waals surface area contributed by atoms with Crippen molar-refractivity contribution in [1.82, 2.24) is 9.97 Å². The van der Waals surface area contributed by atoms with E-state index >= 15 is 0 Å². The molecule has 0 saturated carbocycles. The molecule has 266 valence electrons. The van der Waals surface area contributed by atoms with E-state index in [0.29, 0.717) is 22.9 Å². The molecule has 8 aromatic rings. The highest BCUT2D eigenvalue weighted by Gasteiger charge is 2.46. The molecule has 8 heteroatoms. The number of aromatic nitrogens is 2. The Labute approximate surface area is 315 Å². The van der Waals surface area contributed by atoms with Gasteiger partial charge in [0.25, 0.3) is 0 Å². The summed E-state index contributed by atoms with van der Waals surface area (Å²) in [5.74, 6) is -0.720. The van der Waals surface area contributed by atoms with Crippen LogP contribution >= 0.6 is 0 Å². The number of aromatic carboxylic acids is 2. The third-order valence-electron chi connectivity index (χ3n) is 10.4. The lowest BCUT2D eigenvalue weighted by Crippen LogP contribution is -2.29. The van der Waals surface area contributed by atoms with Crippen molar-refractivity contribution in [1.29, 1.82) is 0 Å². The third kappa shape index (κ3) is 5.81. The minimum atomic E-state index is -1.03. The topological polar surface area (TPSA) is 119 Å². The molecular weight excluding hydrogens is 689 g/mol. The highest BCUT2D eigenvalue weighted by atomic mass is 16.5. The Kier molecular flexibility index (Phi) is 8.28. The molecule has 8 nitrogen and oxygen atoms in total. The van der Waals surface area contributed by atoms with Gasteiger partial charge in [0.15, 0.2) is 0 Å². The highest BCUT2D eigenvalue weighted by Crippen LogP contribution is 2.57. The zero-order valence-electron chi connectivity index (χ0n) is 29.3. The molecule has 0 aliphatic heterocycles. The van der Waals surface area contributed by atoms with Gasteiger partial charge < -0.3 is 19.7 Å². The van der Waals surface area contributed by atoms with E-state index < -0.39 is 17.4 Å². The number of carbonyl (C=O) groups is 2. The molecule has 2 N–H and O–H groups in total. The number of hydrogen-bond donors (Lipinski definition) is 2. The lowest BCUT2D eigenvalue weighted by atomic mass is 9.67. The van der Waals surface area contributed by atoms with Crippen LogP contribution in [0.15, 0.2) is 158 Å². The second kappa shape index (κ2) is 13.6. The summed E-state index contributed by atoms with van der Waals surface area (Å²) in [5, 5.41) is 22.6. The number of hydrogen-bond acceptors (Lipinski definition) is 6. The van der Waals surface area contributed by atoms with E-state index in [1.165, 1.54) is 24.5 Å². The summed E-state index contributed by atoms with van der Waals surface area (Å²) in [6, 6.07) is 48.4. The van der Waals surface area contributed by atoms with E-state index in [0.717, 1.165) is 54.9 Å². The van der Waals surface area contributed by atoms with Crippen LogP contribution in [0.4, 0.5) is 0 Å². The molecule has 0 fully saturated rings. The van der Waals surface area contributed by atoms with Crippen LogP contribution < -0.4 is 9.47 Å². The molecule has 0 unspecified atom stereocenters. The number of pyridine rings is 2. The molecule has 2 heterocycles. The van der Waals surface area contributed by atoms with Crippen molar-refractivity contribution < 1.29 is 29.3 Å².